The van der Waals surface area contributed by atoms with Gasteiger partial charge in [-0.3, -0.25) is 9.59 Å². The predicted octanol–water partition coefficient (Wildman–Crippen LogP) is 3.10. The molecule has 2 amide bonds. The first-order valence-corrected chi connectivity index (χ1v) is 7.81. The zero-order valence-corrected chi connectivity index (χ0v) is 15.1. The highest BCUT2D eigenvalue weighted by molar-refractivity contribution is 9.10. The Kier molecular flexibility index (Phi) is 6.11. The monoisotopic (exact) mass is 372 g/mol. The third-order valence-electron chi connectivity index (χ3n) is 3.19. The van der Waals surface area contributed by atoms with Gasteiger partial charge in [-0.05, 0) is 25.1 Å². The number of benzene rings is 1. The summed E-state index contributed by atoms with van der Waals surface area (Å²) in [5.41, 5.74) is -0.150. The second-order valence-electron chi connectivity index (χ2n) is 6.38. The van der Waals surface area contributed by atoms with Crippen LogP contribution in [0.2, 0.25) is 0 Å². The smallest absolute Gasteiger partial charge is 0.244 e. The fourth-order valence-electron chi connectivity index (χ4n) is 1.80. The SMILES string of the molecule is CC(NC(=O)C(C)(C)C)C(=O)N(C)Cc1cc(Br)ccc1F. The van der Waals surface area contributed by atoms with Crippen LogP contribution in [-0.4, -0.2) is 29.8 Å². The van der Waals surface area contributed by atoms with Gasteiger partial charge < -0.3 is 10.2 Å². The van der Waals surface area contributed by atoms with E-state index in [0.29, 0.717) is 5.56 Å². The van der Waals surface area contributed by atoms with E-state index in [9.17, 15) is 14.0 Å². The molecule has 1 atom stereocenters. The number of carbonyl (C=O) groups is 2. The molecule has 1 aromatic rings. The Balaban J connectivity index is 2.72. The summed E-state index contributed by atoms with van der Waals surface area (Å²) >= 11 is 3.28. The van der Waals surface area contributed by atoms with E-state index in [-0.39, 0.29) is 24.2 Å². The molecule has 0 fully saturated rings. The summed E-state index contributed by atoms with van der Waals surface area (Å²) in [7, 11) is 1.59. The van der Waals surface area contributed by atoms with Crippen molar-refractivity contribution in [1.82, 2.24) is 10.2 Å². The van der Waals surface area contributed by atoms with E-state index in [1.807, 2.05) is 0 Å². The molecule has 0 heterocycles. The Labute approximate surface area is 139 Å². The van der Waals surface area contributed by atoms with Crippen molar-refractivity contribution in [3.63, 3.8) is 0 Å². The Hall–Kier alpha value is -1.43. The number of likely N-dealkylation sites (N-methyl/N-ethyl adjacent to an activating group) is 1. The molecule has 1 N–H and O–H groups in total. The summed E-state index contributed by atoms with van der Waals surface area (Å²) in [5.74, 6) is -0.832. The summed E-state index contributed by atoms with van der Waals surface area (Å²) in [6.07, 6.45) is 0. The van der Waals surface area contributed by atoms with Crippen LogP contribution in [-0.2, 0) is 16.1 Å². The van der Waals surface area contributed by atoms with Gasteiger partial charge in [0.25, 0.3) is 0 Å². The Morgan fingerprint density at radius 1 is 1.36 bits per heavy atom. The van der Waals surface area contributed by atoms with Crippen LogP contribution in [0.4, 0.5) is 4.39 Å². The highest BCUT2D eigenvalue weighted by atomic mass is 79.9. The average Bonchev–Trinajstić information content (AvgIpc) is 2.40. The number of rotatable bonds is 4. The van der Waals surface area contributed by atoms with Gasteiger partial charge in [-0.25, -0.2) is 4.39 Å². The quantitative estimate of drug-likeness (QED) is 0.882. The molecule has 0 aliphatic rings. The van der Waals surface area contributed by atoms with Crippen LogP contribution in [0.15, 0.2) is 22.7 Å². The molecule has 6 heteroatoms. The van der Waals surface area contributed by atoms with Gasteiger partial charge in [-0.15, -0.1) is 0 Å². The number of nitrogens with one attached hydrogen (secondary N) is 1. The van der Waals surface area contributed by atoms with Crippen molar-refractivity contribution in [3.05, 3.63) is 34.1 Å². The number of halogens is 2. The molecule has 0 aliphatic heterocycles. The average molecular weight is 373 g/mol. The molecule has 0 radical (unpaired) electrons. The number of nitrogens with zero attached hydrogens (tertiary/aromatic N) is 1. The summed E-state index contributed by atoms with van der Waals surface area (Å²) in [5, 5.41) is 2.68. The van der Waals surface area contributed by atoms with E-state index in [0.717, 1.165) is 4.47 Å². The molecule has 0 saturated carbocycles. The minimum atomic E-state index is -0.660. The van der Waals surface area contributed by atoms with E-state index < -0.39 is 11.5 Å². The van der Waals surface area contributed by atoms with Crippen molar-refractivity contribution in [2.45, 2.75) is 40.3 Å². The lowest BCUT2D eigenvalue weighted by Gasteiger charge is -2.25. The number of carbonyl (C=O) groups excluding carboxylic acids is 2. The molecule has 0 spiro atoms. The van der Waals surface area contributed by atoms with Crippen LogP contribution in [0, 0.1) is 11.2 Å². The molecular weight excluding hydrogens is 351 g/mol. The van der Waals surface area contributed by atoms with Crippen molar-refractivity contribution in [1.29, 1.82) is 0 Å². The third kappa shape index (κ3) is 5.09. The first kappa shape index (κ1) is 18.6. The Morgan fingerprint density at radius 3 is 2.50 bits per heavy atom. The van der Waals surface area contributed by atoms with Gasteiger partial charge in [0.05, 0.1) is 0 Å². The summed E-state index contributed by atoms with van der Waals surface area (Å²) in [6.45, 7) is 7.10. The molecule has 1 rings (SSSR count). The molecule has 22 heavy (non-hydrogen) atoms. The molecule has 0 aromatic heterocycles. The van der Waals surface area contributed by atoms with Crippen LogP contribution in [0.25, 0.3) is 0 Å². The fourth-order valence-corrected chi connectivity index (χ4v) is 2.21. The molecule has 1 unspecified atom stereocenters. The number of hydrogen-bond donors (Lipinski definition) is 1. The lowest BCUT2D eigenvalue weighted by Crippen LogP contribution is -2.48. The van der Waals surface area contributed by atoms with E-state index in [4.69, 9.17) is 0 Å². The minimum Gasteiger partial charge on any atom is -0.344 e. The fraction of sp³-hybridized carbons (Fsp3) is 0.500. The van der Waals surface area contributed by atoms with E-state index in [2.05, 4.69) is 21.2 Å². The highest BCUT2D eigenvalue weighted by Crippen LogP contribution is 2.17. The normalized spacial score (nSPS) is 12.7. The van der Waals surface area contributed by atoms with Crippen LogP contribution < -0.4 is 5.32 Å². The standard InChI is InChI=1S/C16H22BrFN2O2/c1-10(19-15(22)16(2,3)4)14(21)20(5)9-11-8-12(17)6-7-13(11)18/h6-8,10H,9H2,1-5H3,(H,19,22). The van der Waals surface area contributed by atoms with Gasteiger partial charge in [-0.2, -0.15) is 0 Å². The van der Waals surface area contributed by atoms with Gasteiger partial charge in [-0.1, -0.05) is 36.7 Å². The second kappa shape index (κ2) is 7.22. The lowest BCUT2D eigenvalue weighted by molar-refractivity contribution is -0.137. The van der Waals surface area contributed by atoms with Gasteiger partial charge in [0.2, 0.25) is 11.8 Å². The van der Waals surface area contributed by atoms with Crippen molar-refractivity contribution in [2.75, 3.05) is 7.05 Å². The van der Waals surface area contributed by atoms with Gasteiger partial charge >= 0.3 is 0 Å². The van der Waals surface area contributed by atoms with Gasteiger partial charge in [0.1, 0.15) is 11.9 Å². The summed E-state index contributed by atoms with van der Waals surface area (Å²) in [6, 6.07) is 3.93. The highest BCUT2D eigenvalue weighted by Gasteiger charge is 2.26. The van der Waals surface area contributed by atoms with Crippen molar-refractivity contribution in [3.8, 4) is 0 Å². The maximum atomic E-state index is 13.7. The molecular formula is C16H22BrFN2O2. The van der Waals surface area contributed by atoms with Gasteiger partial charge in [0, 0.05) is 29.0 Å². The van der Waals surface area contributed by atoms with E-state index >= 15 is 0 Å². The molecule has 0 bridgehead atoms. The van der Waals surface area contributed by atoms with Crippen LogP contribution in [0.3, 0.4) is 0 Å². The number of hydrogen-bond acceptors (Lipinski definition) is 2. The van der Waals surface area contributed by atoms with Gasteiger partial charge in [0.15, 0.2) is 0 Å². The maximum Gasteiger partial charge on any atom is 0.244 e. The first-order chi connectivity index (χ1) is 10.0. The zero-order chi connectivity index (χ0) is 17.1. The van der Waals surface area contributed by atoms with Crippen molar-refractivity contribution >= 4 is 27.7 Å². The molecule has 0 saturated heterocycles. The summed E-state index contributed by atoms with van der Waals surface area (Å²) in [4.78, 5) is 25.6. The minimum absolute atomic E-state index is 0.139. The van der Waals surface area contributed by atoms with E-state index in [1.165, 1.54) is 11.0 Å². The topological polar surface area (TPSA) is 49.4 Å². The van der Waals surface area contributed by atoms with Crippen LogP contribution in [0.5, 0.6) is 0 Å². The Morgan fingerprint density at radius 2 is 1.95 bits per heavy atom. The molecule has 122 valence electrons. The largest absolute Gasteiger partial charge is 0.344 e. The third-order valence-corrected chi connectivity index (χ3v) is 3.68. The molecule has 1 aromatic carbocycles. The predicted molar refractivity (Wildman–Crippen MR) is 87.6 cm³/mol. The molecule has 0 aliphatic carbocycles. The number of amides is 2. The van der Waals surface area contributed by atoms with E-state index in [1.54, 1.807) is 46.9 Å². The maximum absolute atomic E-state index is 13.7. The van der Waals surface area contributed by atoms with Crippen LogP contribution in [0.1, 0.15) is 33.3 Å². The summed E-state index contributed by atoms with van der Waals surface area (Å²) < 4.78 is 14.5. The van der Waals surface area contributed by atoms with Crippen LogP contribution >= 0.6 is 15.9 Å². The molecule has 4 nitrogen and oxygen atoms in total. The first-order valence-electron chi connectivity index (χ1n) is 7.02. The van der Waals surface area contributed by atoms with Crippen molar-refractivity contribution in [2.24, 2.45) is 5.41 Å². The zero-order valence-electron chi connectivity index (χ0n) is 13.5. The van der Waals surface area contributed by atoms with Crippen molar-refractivity contribution < 1.29 is 14.0 Å². The Bertz CT molecular complexity index is 570. The lowest BCUT2D eigenvalue weighted by atomic mass is 9.95. The second-order valence-corrected chi connectivity index (χ2v) is 7.29.